The molecule has 0 heterocycles. The average Bonchev–Trinajstić information content (AvgIpc) is 2.28. The van der Waals surface area contributed by atoms with Crippen molar-refractivity contribution in [3.8, 4) is 0 Å². The molecule has 6 nitrogen and oxygen atoms in total. The molecule has 0 aliphatic carbocycles. The molecule has 0 fully saturated rings. The predicted octanol–water partition coefficient (Wildman–Crippen LogP) is 2.17. The SMILES string of the molecule is O=C(O)CCCC(=O)OP(=O)(O)Cc1ccccc1. The molecule has 1 atom stereocenters. The second-order valence-corrected chi connectivity index (χ2v) is 5.77. The zero-order chi connectivity index (χ0) is 14.3. The molecule has 1 rings (SSSR count). The van der Waals surface area contributed by atoms with Gasteiger partial charge in [-0.1, -0.05) is 30.3 Å². The van der Waals surface area contributed by atoms with E-state index in [4.69, 9.17) is 5.11 Å². The van der Waals surface area contributed by atoms with E-state index in [9.17, 15) is 19.0 Å². The van der Waals surface area contributed by atoms with Crippen molar-refractivity contribution in [1.29, 1.82) is 0 Å². The maximum absolute atomic E-state index is 11.7. The molecule has 0 aliphatic heterocycles. The van der Waals surface area contributed by atoms with Gasteiger partial charge in [0.1, 0.15) is 0 Å². The molecule has 1 unspecified atom stereocenters. The number of benzene rings is 1. The van der Waals surface area contributed by atoms with Crippen molar-refractivity contribution in [3.05, 3.63) is 35.9 Å². The van der Waals surface area contributed by atoms with E-state index in [2.05, 4.69) is 4.52 Å². The number of carboxylic acids is 1. The number of carboxylic acid groups (broad SMARTS) is 1. The first-order chi connectivity index (χ1) is 8.89. The minimum atomic E-state index is -4.03. The number of hydrogen-bond donors (Lipinski definition) is 2. The van der Waals surface area contributed by atoms with Crippen molar-refractivity contribution >= 4 is 19.5 Å². The normalized spacial score (nSPS) is 13.5. The minimum Gasteiger partial charge on any atom is -0.481 e. The van der Waals surface area contributed by atoms with E-state index in [1.165, 1.54) is 0 Å². The Labute approximate surface area is 110 Å². The molecular formula is C12H15O6P. The fraction of sp³-hybridized carbons (Fsp3) is 0.333. The molecule has 7 heteroatoms. The van der Waals surface area contributed by atoms with Crippen LogP contribution in [0, 0.1) is 0 Å². The van der Waals surface area contributed by atoms with Gasteiger partial charge in [-0.15, -0.1) is 0 Å². The fourth-order valence-corrected chi connectivity index (χ4v) is 2.58. The number of aliphatic carboxylic acids is 1. The van der Waals surface area contributed by atoms with Gasteiger partial charge < -0.3 is 14.5 Å². The third-order valence-electron chi connectivity index (χ3n) is 2.24. The van der Waals surface area contributed by atoms with Crippen LogP contribution in [-0.2, 0) is 24.8 Å². The highest BCUT2D eigenvalue weighted by Gasteiger charge is 2.24. The van der Waals surface area contributed by atoms with E-state index in [0.717, 1.165) is 0 Å². The van der Waals surface area contributed by atoms with E-state index in [-0.39, 0.29) is 25.4 Å². The van der Waals surface area contributed by atoms with E-state index in [1.54, 1.807) is 30.3 Å². The van der Waals surface area contributed by atoms with Gasteiger partial charge in [-0.2, -0.15) is 0 Å². The minimum absolute atomic E-state index is 0.0828. The van der Waals surface area contributed by atoms with Gasteiger partial charge in [0.25, 0.3) is 0 Å². The van der Waals surface area contributed by atoms with Gasteiger partial charge in [-0.3, -0.25) is 9.59 Å². The molecule has 0 amide bonds. The lowest BCUT2D eigenvalue weighted by Gasteiger charge is -2.11. The zero-order valence-corrected chi connectivity index (χ0v) is 11.1. The largest absolute Gasteiger partial charge is 0.481 e. The highest BCUT2D eigenvalue weighted by molar-refractivity contribution is 7.52. The summed E-state index contributed by atoms with van der Waals surface area (Å²) in [7, 11) is -4.03. The topological polar surface area (TPSA) is 101 Å². The summed E-state index contributed by atoms with van der Waals surface area (Å²) < 4.78 is 16.2. The van der Waals surface area contributed by atoms with E-state index >= 15 is 0 Å². The van der Waals surface area contributed by atoms with Gasteiger partial charge >= 0.3 is 19.5 Å². The number of carbonyl (C=O) groups excluding carboxylic acids is 1. The van der Waals surface area contributed by atoms with Crippen molar-refractivity contribution in [1.82, 2.24) is 0 Å². The first-order valence-corrected chi connectivity index (χ1v) is 7.45. The van der Waals surface area contributed by atoms with Crippen molar-refractivity contribution in [2.45, 2.75) is 25.4 Å². The van der Waals surface area contributed by atoms with Crippen LogP contribution >= 0.6 is 7.60 Å². The first-order valence-electron chi connectivity index (χ1n) is 5.69. The van der Waals surface area contributed by atoms with Gasteiger partial charge in [-0.25, -0.2) is 4.57 Å². The Morgan fingerprint density at radius 3 is 2.37 bits per heavy atom. The lowest BCUT2D eigenvalue weighted by molar-refractivity contribution is -0.137. The monoisotopic (exact) mass is 286 g/mol. The van der Waals surface area contributed by atoms with Crippen LogP contribution in [-0.4, -0.2) is 21.9 Å². The van der Waals surface area contributed by atoms with Gasteiger partial charge in [0.15, 0.2) is 0 Å². The molecule has 0 radical (unpaired) electrons. The summed E-state index contributed by atoms with van der Waals surface area (Å²) in [5.41, 5.74) is 0.590. The van der Waals surface area contributed by atoms with E-state index in [0.29, 0.717) is 5.56 Å². The Bertz CT molecular complexity index is 484. The smallest absolute Gasteiger partial charge is 0.383 e. The Balaban J connectivity index is 2.43. The molecule has 0 bridgehead atoms. The van der Waals surface area contributed by atoms with Crippen molar-refractivity contribution < 1.29 is 28.7 Å². The van der Waals surface area contributed by atoms with Crippen LogP contribution < -0.4 is 0 Å². The Kier molecular flexibility index (Phi) is 5.73. The van der Waals surface area contributed by atoms with Crippen LogP contribution in [0.25, 0.3) is 0 Å². The predicted molar refractivity (Wildman–Crippen MR) is 67.6 cm³/mol. The molecule has 0 saturated carbocycles. The summed E-state index contributed by atoms with van der Waals surface area (Å²) in [6, 6.07) is 8.50. The number of rotatable bonds is 7. The van der Waals surface area contributed by atoms with Crippen LogP contribution in [0.1, 0.15) is 24.8 Å². The molecule has 0 spiro atoms. The third-order valence-corrected chi connectivity index (χ3v) is 3.49. The maximum atomic E-state index is 11.7. The zero-order valence-electron chi connectivity index (χ0n) is 10.2. The maximum Gasteiger partial charge on any atom is 0.383 e. The molecule has 0 aromatic heterocycles. The van der Waals surface area contributed by atoms with Crippen LogP contribution in [0.4, 0.5) is 0 Å². The van der Waals surface area contributed by atoms with Gasteiger partial charge in [0, 0.05) is 12.8 Å². The van der Waals surface area contributed by atoms with Crippen LogP contribution in [0.5, 0.6) is 0 Å². The summed E-state index contributed by atoms with van der Waals surface area (Å²) >= 11 is 0. The quantitative estimate of drug-likeness (QED) is 0.745. The molecule has 1 aromatic carbocycles. The highest BCUT2D eigenvalue weighted by Crippen LogP contribution is 2.46. The Morgan fingerprint density at radius 1 is 1.16 bits per heavy atom. The van der Waals surface area contributed by atoms with Gasteiger partial charge in [-0.05, 0) is 12.0 Å². The Morgan fingerprint density at radius 2 is 1.79 bits per heavy atom. The number of hydrogen-bond acceptors (Lipinski definition) is 4. The van der Waals surface area contributed by atoms with E-state index in [1.807, 2.05) is 0 Å². The fourth-order valence-electron chi connectivity index (χ4n) is 1.44. The van der Waals surface area contributed by atoms with E-state index < -0.39 is 19.5 Å². The molecule has 0 saturated heterocycles. The Hall–Kier alpha value is -1.65. The van der Waals surface area contributed by atoms with Crippen LogP contribution in [0.15, 0.2) is 30.3 Å². The molecule has 0 aliphatic rings. The highest BCUT2D eigenvalue weighted by atomic mass is 31.2. The molecule has 19 heavy (non-hydrogen) atoms. The van der Waals surface area contributed by atoms with Crippen LogP contribution in [0.3, 0.4) is 0 Å². The molecule has 1 aromatic rings. The summed E-state index contributed by atoms with van der Waals surface area (Å²) in [6.45, 7) is 0. The summed E-state index contributed by atoms with van der Waals surface area (Å²) in [4.78, 5) is 31.1. The van der Waals surface area contributed by atoms with Gasteiger partial charge in [0.2, 0.25) is 0 Å². The number of carbonyl (C=O) groups is 2. The van der Waals surface area contributed by atoms with Crippen molar-refractivity contribution in [3.63, 3.8) is 0 Å². The summed E-state index contributed by atoms with van der Waals surface area (Å²) in [5, 5.41) is 8.40. The van der Waals surface area contributed by atoms with Gasteiger partial charge in [0.05, 0.1) is 6.16 Å². The second-order valence-electron chi connectivity index (χ2n) is 3.99. The molecular weight excluding hydrogens is 271 g/mol. The van der Waals surface area contributed by atoms with Crippen molar-refractivity contribution in [2.75, 3.05) is 0 Å². The molecule has 104 valence electrons. The molecule has 2 N–H and O–H groups in total. The standard InChI is InChI=1S/C12H15O6P/c13-11(14)7-4-8-12(15)18-19(16,17)9-10-5-2-1-3-6-10/h1-3,5-6H,4,7-9H2,(H,13,14)(H,16,17). The van der Waals surface area contributed by atoms with Crippen molar-refractivity contribution in [2.24, 2.45) is 0 Å². The summed E-state index contributed by atoms with van der Waals surface area (Å²) in [6.07, 6.45) is -0.535. The lowest BCUT2D eigenvalue weighted by Crippen LogP contribution is -2.05. The second kappa shape index (κ2) is 7.07. The first kappa shape index (κ1) is 15.4. The van der Waals surface area contributed by atoms with Crippen LogP contribution in [0.2, 0.25) is 0 Å². The summed E-state index contributed by atoms with van der Waals surface area (Å²) in [5.74, 6) is -1.88. The third kappa shape index (κ3) is 6.74. The lowest BCUT2D eigenvalue weighted by atomic mass is 10.2. The average molecular weight is 286 g/mol.